The topological polar surface area (TPSA) is 61.9 Å². The quantitative estimate of drug-likeness (QED) is 0.694. The molecule has 0 aromatic rings. The summed E-state index contributed by atoms with van der Waals surface area (Å²) in [6.45, 7) is 9.63. The van der Waals surface area contributed by atoms with Gasteiger partial charge in [0.15, 0.2) is 0 Å². The average molecular weight is 436 g/mol. The van der Waals surface area contributed by atoms with Crippen molar-refractivity contribution in [3.63, 3.8) is 0 Å². The van der Waals surface area contributed by atoms with Crippen LogP contribution in [0.3, 0.4) is 0 Å². The van der Waals surface area contributed by atoms with Crippen LogP contribution in [-0.2, 0) is 9.53 Å². The van der Waals surface area contributed by atoms with Crippen LogP contribution >= 0.6 is 0 Å². The van der Waals surface area contributed by atoms with E-state index in [0.717, 1.165) is 57.0 Å². The monoisotopic (exact) mass is 435 g/mol. The fraction of sp³-hybridized carbons (Fsp3) is 0.920. The van der Waals surface area contributed by atoms with Gasteiger partial charge in [-0.2, -0.15) is 0 Å². The van der Waals surface area contributed by atoms with Gasteiger partial charge in [-0.25, -0.2) is 4.79 Å². The third-order valence-corrected chi connectivity index (χ3v) is 7.56. The Morgan fingerprint density at radius 1 is 0.903 bits per heavy atom. The molecule has 2 amide bonds. The van der Waals surface area contributed by atoms with E-state index < -0.39 is 17.7 Å². The zero-order valence-electron chi connectivity index (χ0n) is 20.3. The SMILES string of the molecule is CN1CCC(C2CCN(C(=O)[C@@H](CC3CCCCC3)NC(=O)OC(C)(C)C)CC2)CC1. The van der Waals surface area contributed by atoms with E-state index in [9.17, 15) is 9.59 Å². The molecule has 1 N–H and O–H groups in total. The zero-order chi connectivity index (χ0) is 22.4. The van der Waals surface area contributed by atoms with Gasteiger partial charge < -0.3 is 19.9 Å². The molecule has 0 unspecified atom stereocenters. The molecule has 1 atom stereocenters. The molecule has 6 nitrogen and oxygen atoms in total. The van der Waals surface area contributed by atoms with Gasteiger partial charge in [0, 0.05) is 13.1 Å². The van der Waals surface area contributed by atoms with Gasteiger partial charge in [-0.3, -0.25) is 4.79 Å². The molecule has 0 radical (unpaired) electrons. The van der Waals surface area contributed by atoms with Gasteiger partial charge in [-0.05, 0) is 90.8 Å². The minimum absolute atomic E-state index is 0.0956. The van der Waals surface area contributed by atoms with Gasteiger partial charge in [-0.15, -0.1) is 0 Å². The second kappa shape index (κ2) is 11.0. The van der Waals surface area contributed by atoms with Gasteiger partial charge in [-0.1, -0.05) is 32.1 Å². The summed E-state index contributed by atoms with van der Waals surface area (Å²) < 4.78 is 5.48. The molecule has 2 saturated heterocycles. The molecule has 1 saturated carbocycles. The van der Waals surface area contributed by atoms with Crippen molar-refractivity contribution in [2.45, 2.75) is 96.6 Å². The van der Waals surface area contributed by atoms with Crippen LogP contribution in [0, 0.1) is 17.8 Å². The molecule has 0 aromatic heterocycles. The van der Waals surface area contributed by atoms with E-state index in [1.807, 2.05) is 25.7 Å². The fourth-order valence-electron chi connectivity index (χ4n) is 5.74. The Hall–Kier alpha value is -1.30. The Morgan fingerprint density at radius 3 is 2.00 bits per heavy atom. The van der Waals surface area contributed by atoms with Crippen molar-refractivity contribution >= 4 is 12.0 Å². The first-order chi connectivity index (χ1) is 14.7. The molecule has 0 bridgehead atoms. The summed E-state index contributed by atoms with van der Waals surface area (Å²) in [5.41, 5.74) is -0.561. The number of hydrogen-bond donors (Lipinski definition) is 1. The lowest BCUT2D eigenvalue weighted by Crippen LogP contribution is -2.52. The van der Waals surface area contributed by atoms with E-state index in [1.165, 1.54) is 45.2 Å². The van der Waals surface area contributed by atoms with Crippen molar-refractivity contribution in [3.05, 3.63) is 0 Å². The van der Waals surface area contributed by atoms with Crippen molar-refractivity contribution in [1.29, 1.82) is 0 Å². The predicted molar refractivity (Wildman–Crippen MR) is 124 cm³/mol. The number of ether oxygens (including phenoxy) is 1. The maximum atomic E-state index is 13.4. The van der Waals surface area contributed by atoms with Crippen molar-refractivity contribution in [2.24, 2.45) is 17.8 Å². The van der Waals surface area contributed by atoms with E-state index in [4.69, 9.17) is 4.74 Å². The predicted octanol–water partition coefficient (Wildman–Crippen LogP) is 4.43. The first kappa shape index (κ1) is 24.3. The highest BCUT2D eigenvalue weighted by atomic mass is 16.6. The normalized spacial score (nSPS) is 24.1. The van der Waals surface area contributed by atoms with Crippen LogP contribution in [0.25, 0.3) is 0 Å². The molecule has 0 aromatic carbocycles. The van der Waals surface area contributed by atoms with E-state index in [2.05, 4.69) is 17.3 Å². The number of carbonyl (C=O) groups excluding carboxylic acids is 2. The molecule has 2 heterocycles. The van der Waals surface area contributed by atoms with Crippen LogP contribution in [0.1, 0.15) is 85.0 Å². The number of likely N-dealkylation sites (tertiary alicyclic amines) is 2. The maximum Gasteiger partial charge on any atom is 0.408 e. The molecule has 1 aliphatic carbocycles. The molecule has 6 heteroatoms. The van der Waals surface area contributed by atoms with Crippen molar-refractivity contribution in [2.75, 3.05) is 33.2 Å². The van der Waals surface area contributed by atoms with Gasteiger partial charge in [0.1, 0.15) is 11.6 Å². The number of piperidine rings is 2. The Bertz CT molecular complexity index is 581. The average Bonchev–Trinajstić information content (AvgIpc) is 2.73. The molecular weight excluding hydrogens is 390 g/mol. The lowest BCUT2D eigenvalue weighted by atomic mass is 9.78. The first-order valence-corrected chi connectivity index (χ1v) is 12.7. The lowest BCUT2D eigenvalue weighted by Gasteiger charge is -2.40. The largest absolute Gasteiger partial charge is 0.444 e. The van der Waals surface area contributed by atoms with Crippen LogP contribution in [0.4, 0.5) is 4.79 Å². The first-order valence-electron chi connectivity index (χ1n) is 12.7. The third kappa shape index (κ3) is 7.65. The standard InChI is InChI=1S/C25H45N3O3/c1-25(2,3)31-24(30)26-22(18-19-8-6-5-7-9-19)23(29)28-16-12-21(13-17-28)20-10-14-27(4)15-11-20/h19-22H,5-18H2,1-4H3,(H,26,30)/t22-/m1/s1. The summed E-state index contributed by atoms with van der Waals surface area (Å²) in [6.07, 6.45) is 11.1. The van der Waals surface area contributed by atoms with Crippen molar-refractivity contribution in [3.8, 4) is 0 Å². The summed E-state index contributed by atoms with van der Waals surface area (Å²) in [6, 6.07) is -0.460. The second-order valence-corrected chi connectivity index (χ2v) is 11.2. The molecule has 3 aliphatic rings. The number of rotatable bonds is 5. The summed E-state index contributed by atoms with van der Waals surface area (Å²) in [7, 11) is 2.21. The Balaban J connectivity index is 1.56. The molecule has 0 spiro atoms. The van der Waals surface area contributed by atoms with E-state index >= 15 is 0 Å². The van der Waals surface area contributed by atoms with Crippen LogP contribution < -0.4 is 5.32 Å². The number of nitrogens with one attached hydrogen (secondary N) is 1. The van der Waals surface area contributed by atoms with Crippen LogP contribution in [-0.4, -0.2) is 66.7 Å². The zero-order valence-corrected chi connectivity index (χ0v) is 20.3. The van der Waals surface area contributed by atoms with Crippen molar-refractivity contribution < 1.29 is 14.3 Å². The minimum Gasteiger partial charge on any atom is -0.444 e. The molecule has 31 heavy (non-hydrogen) atoms. The van der Waals surface area contributed by atoms with Gasteiger partial charge in [0.25, 0.3) is 0 Å². The van der Waals surface area contributed by atoms with E-state index in [1.54, 1.807) is 0 Å². The molecule has 2 aliphatic heterocycles. The molecule has 3 fully saturated rings. The number of alkyl carbamates (subject to hydrolysis) is 1. The van der Waals surface area contributed by atoms with E-state index in [0.29, 0.717) is 5.92 Å². The lowest BCUT2D eigenvalue weighted by molar-refractivity contribution is -0.135. The van der Waals surface area contributed by atoms with Gasteiger partial charge in [0.05, 0.1) is 0 Å². The van der Waals surface area contributed by atoms with E-state index in [-0.39, 0.29) is 5.91 Å². The number of carbonyl (C=O) groups is 2. The van der Waals surface area contributed by atoms with Crippen molar-refractivity contribution in [1.82, 2.24) is 15.1 Å². The summed E-state index contributed by atoms with van der Waals surface area (Å²) >= 11 is 0. The summed E-state index contributed by atoms with van der Waals surface area (Å²) in [5.74, 6) is 2.17. The fourth-order valence-corrected chi connectivity index (χ4v) is 5.74. The maximum absolute atomic E-state index is 13.4. The second-order valence-electron chi connectivity index (χ2n) is 11.2. The molecular formula is C25H45N3O3. The number of amides is 2. The smallest absolute Gasteiger partial charge is 0.408 e. The van der Waals surface area contributed by atoms with Crippen LogP contribution in [0.2, 0.25) is 0 Å². The molecule has 3 rings (SSSR count). The third-order valence-electron chi connectivity index (χ3n) is 7.56. The molecule has 178 valence electrons. The summed E-state index contributed by atoms with van der Waals surface area (Å²) in [5, 5.41) is 2.94. The van der Waals surface area contributed by atoms with Gasteiger partial charge >= 0.3 is 6.09 Å². The minimum atomic E-state index is -0.561. The number of hydrogen-bond acceptors (Lipinski definition) is 4. The highest BCUT2D eigenvalue weighted by Crippen LogP contribution is 2.33. The Kier molecular flexibility index (Phi) is 8.65. The highest BCUT2D eigenvalue weighted by Gasteiger charge is 2.34. The Labute approximate surface area is 189 Å². The van der Waals surface area contributed by atoms with Crippen LogP contribution in [0.5, 0.6) is 0 Å². The highest BCUT2D eigenvalue weighted by molar-refractivity contribution is 5.85. The Morgan fingerprint density at radius 2 is 1.45 bits per heavy atom. The van der Waals surface area contributed by atoms with Crippen LogP contribution in [0.15, 0.2) is 0 Å². The number of nitrogens with zero attached hydrogens (tertiary/aromatic N) is 2. The van der Waals surface area contributed by atoms with Gasteiger partial charge in [0.2, 0.25) is 5.91 Å². The summed E-state index contributed by atoms with van der Waals surface area (Å²) in [4.78, 5) is 30.4.